The molecule has 0 bridgehead atoms. The Morgan fingerprint density at radius 1 is 1.33 bits per heavy atom. The summed E-state index contributed by atoms with van der Waals surface area (Å²) in [7, 11) is 0. The highest BCUT2D eigenvalue weighted by Gasteiger charge is 2.02. The molecule has 6 nitrogen and oxygen atoms in total. The van der Waals surface area contributed by atoms with Crippen LogP contribution in [0.1, 0.15) is 32.5 Å². The summed E-state index contributed by atoms with van der Waals surface area (Å²) in [5, 5.41) is 14.6. The highest BCUT2D eigenvalue weighted by Crippen LogP contribution is 1.99. The molecule has 1 aromatic heterocycles. The zero-order chi connectivity index (χ0) is 14.6. The molecule has 0 spiro atoms. The second-order valence-corrected chi connectivity index (χ2v) is 5.34. The number of hydrogen-bond acceptors (Lipinski definition) is 4. The molecule has 0 fully saturated rings. The van der Waals surface area contributed by atoms with Crippen molar-refractivity contribution in [2.24, 2.45) is 4.99 Å². The van der Waals surface area contributed by atoms with Crippen LogP contribution in [-0.4, -0.2) is 45.8 Å². The maximum absolute atomic E-state index is 4.55. The number of aromatic nitrogens is 3. The summed E-state index contributed by atoms with van der Waals surface area (Å²) >= 11 is 1.89. The van der Waals surface area contributed by atoms with Crippen molar-refractivity contribution in [3.8, 4) is 0 Å². The summed E-state index contributed by atoms with van der Waals surface area (Å²) in [4.78, 5) is 4.55. The third kappa shape index (κ3) is 8.50. The molecule has 1 heterocycles. The molecule has 0 aromatic carbocycles. The van der Waals surface area contributed by atoms with E-state index in [4.69, 9.17) is 0 Å². The molecule has 0 radical (unpaired) electrons. The molecule has 0 saturated heterocycles. The Kier molecular flexibility index (Phi) is 12.9. The largest absolute Gasteiger partial charge is 0.357 e. The van der Waals surface area contributed by atoms with Gasteiger partial charge in [0.05, 0.1) is 0 Å². The van der Waals surface area contributed by atoms with E-state index in [1.807, 2.05) is 16.3 Å². The van der Waals surface area contributed by atoms with Crippen LogP contribution < -0.4 is 10.6 Å². The highest BCUT2D eigenvalue weighted by molar-refractivity contribution is 14.0. The summed E-state index contributed by atoms with van der Waals surface area (Å²) < 4.78 is 2.01. The molecule has 0 saturated carbocycles. The molecule has 0 atom stereocenters. The number of thioether (sulfide) groups is 1. The van der Waals surface area contributed by atoms with E-state index in [0.717, 1.165) is 37.8 Å². The van der Waals surface area contributed by atoms with Gasteiger partial charge in [0.2, 0.25) is 0 Å². The van der Waals surface area contributed by atoms with Crippen molar-refractivity contribution < 1.29 is 0 Å². The number of guanidine groups is 1. The first kappa shape index (κ1) is 20.5. The highest BCUT2D eigenvalue weighted by atomic mass is 127. The van der Waals surface area contributed by atoms with E-state index < -0.39 is 0 Å². The molecular formula is C13H27IN6S. The zero-order valence-electron chi connectivity index (χ0n) is 13.1. The maximum Gasteiger partial charge on any atom is 0.191 e. The minimum Gasteiger partial charge on any atom is -0.357 e. The van der Waals surface area contributed by atoms with Crippen molar-refractivity contribution in [2.75, 3.05) is 25.1 Å². The minimum atomic E-state index is 0. The van der Waals surface area contributed by atoms with Crippen LogP contribution in [0.5, 0.6) is 0 Å². The van der Waals surface area contributed by atoms with E-state index in [9.17, 15) is 0 Å². The van der Waals surface area contributed by atoms with Crippen LogP contribution in [0, 0.1) is 0 Å². The third-order valence-electron chi connectivity index (χ3n) is 2.83. The molecule has 122 valence electrons. The number of unbranched alkanes of at least 4 members (excludes halogenated alkanes) is 1. The van der Waals surface area contributed by atoms with Crippen LogP contribution in [0.2, 0.25) is 0 Å². The molecule has 1 aromatic rings. The Morgan fingerprint density at radius 2 is 2.14 bits per heavy atom. The Labute approximate surface area is 149 Å². The number of aliphatic imine (C=N–C) groups is 1. The second kappa shape index (κ2) is 13.2. The fraction of sp³-hybridized carbons (Fsp3) is 0.769. The van der Waals surface area contributed by atoms with Gasteiger partial charge in [-0.3, -0.25) is 0 Å². The monoisotopic (exact) mass is 426 g/mol. The average molecular weight is 426 g/mol. The standard InChI is InChI=1S/C13H26N6S.HI/c1-4-14-13(15-8-6-7-9-20-3)16-10-12-18-17-11-19(12)5-2;/h11H,4-10H2,1-3H3,(H2,14,15,16);1H. The lowest BCUT2D eigenvalue weighted by Crippen LogP contribution is -2.37. The maximum atomic E-state index is 4.55. The number of nitrogens with one attached hydrogen (secondary N) is 2. The second-order valence-electron chi connectivity index (χ2n) is 4.36. The van der Waals surface area contributed by atoms with Gasteiger partial charge in [0, 0.05) is 19.6 Å². The predicted molar refractivity (Wildman–Crippen MR) is 102 cm³/mol. The van der Waals surface area contributed by atoms with Gasteiger partial charge >= 0.3 is 0 Å². The fourth-order valence-electron chi connectivity index (χ4n) is 1.74. The van der Waals surface area contributed by atoms with Crippen molar-refractivity contribution in [2.45, 2.75) is 39.8 Å². The number of nitrogens with zero attached hydrogens (tertiary/aromatic N) is 4. The van der Waals surface area contributed by atoms with Gasteiger partial charge < -0.3 is 15.2 Å². The van der Waals surface area contributed by atoms with Gasteiger partial charge in [0.15, 0.2) is 11.8 Å². The lowest BCUT2D eigenvalue weighted by Gasteiger charge is -2.11. The van der Waals surface area contributed by atoms with Gasteiger partial charge in [-0.2, -0.15) is 11.8 Å². The SMILES string of the molecule is CCNC(=NCc1nncn1CC)NCCCCSC.I. The summed E-state index contributed by atoms with van der Waals surface area (Å²) in [6.07, 6.45) is 6.28. The Hall–Kier alpha value is -0.510. The van der Waals surface area contributed by atoms with E-state index >= 15 is 0 Å². The van der Waals surface area contributed by atoms with Crippen LogP contribution in [0.15, 0.2) is 11.3 Å². The third-order valence-corrected chi connectivity index (χ3v) is 3.52. The molecule has 2 N–H and O–H groups in total. The minimum absolute atomic E-state index is 0. The van der Waals surface area contributed by atoms with Crippen molar-refractivity contribution >= 4 is 41.7 Å². The lowest BCUT2D eigenvalue weighted by atomic mass is 10.3. The van der Waals surface area contributed by atoms with Crippen LogP contribution in [0.3, 0.4) is 0 Å². The van der Waals surface area contributed by atoms with Crippen LogP contribution in [0.4, 0.5) is 0 Å². The van der Waals surface area contributed by atoms with Crippen molar-refractivity contribution in [1.29, 1.82) is 0 Å². The Balaban J connectivity index is 0.00000400. The average Bonchev–Trinajstić information content (AvgIpc) is 2.91. The molecule has 0 unspecified atom stereocenters. The zero-order valence-corrected chi connectivity index (χ0v) is 16.3. The van der Waals surface area contributed by atoms with Gasteiger partial charge in [-0.1, -0.05) is 0 Å². The van der Waals surface area contributed by atoms with Gasteiger partial charge in [-0.05, 0) is 38.7 Å². The van der Waals surface area contributed by atoms with Gasteiger partial charge in [0.25, 0.3) is 0 Å². The number of aryl methyl sites for hydroxylation is 1. The van der Waals surface area contributed by atoms with Crippen LogP contribution in [-0.2, 0) is 13.1 Å². The normalized spacial score (nSPS) is 11.1. The first-order valence-corrected chi connectivity index (χ1v) is 8.59. The van der Waals surface area contributed by atoms with Crippen LogP contribution >= 0.6 is 35.7 Å². The molecule has 0 amide bonds. The summed E-state index contributed by atoms with van der Waals surface area (Å²) in [6, 6.07) is 0. The van der Waals surface area contributed by atoms with Crippen molar-refractivity contribution in [1.82, 2.24) is 25.4 Å². The lowest BCUT2D eigenvalue weighted by molar-refractivity contribution is 0.690. The van der Waals surface area contributed by atoms with E-state index in [1.165, 1.54) is 12.2 Å². The van der Waals surface area contributed by atoms with E-state index in [-0.39, 0.29) is 24.0 Å². The van der Waals surface area contributed by atoms with E-state index in [0.29, 0.717) is 6.54 Å². The van der Waals surface area contributed by atoms with Gasteiger partial charge in [-0.25, -0.2) is 4.99 Å². The molecule has 0 aliphatic rings. The molecular weight excluding hydrogens is 399 g/mol. The predicted octanol–water partition coefficient (Wildman–Crippen LogP) is 2.11. The quantitative estimate of drug-likeness (QED) is 0.274. The van der Waals surface area contributed by atoms with E-state index in [2.05, 4.69) is 45.9 Å². The Morgan fingerprint density at radius 3 is 2.81 bits per heavy atom. The topological polar surface area (TPSA) is 67.1 Å². The molecule has 0 aliphatic heterocycles. The van der Waals surface area contributed by atoms with E-state index in [1.54, 1.807) is 6.33 Å². The van der Waals surface area contributed by atoms with Gasteiger partial charge in [0.1, 0.15) is 12.9 Å². The Bertz CT molecular complexity index is 396. The number of halogens is 1. The fourth-order valence-corrected chi connectivity index (χ4v) is 2.23. The first-order chi connectivity index (χ1) is 9.81. The van der Waals surface area contributed by atoms with Crippen LogP contribution in [0.25, 0.3) is 0 Å². The molecule has 8 heteroatoms. The smallest absolute Gasteiger partial charge is 0.191 e. The van der Waals surface area contributed by atoms with Crippen molar-refractivity contribution in [3.63, 3.8) is 0 Å². The summed E-state index contributed by atoms with van der Waals surface area (Å²) in [5.74, 6) is 2.96. The molecule has 21 heavy (non-hydrogen) atoms. The first-order valence-electron chi connectivity index (χ1n) is 7.19. The summed E-state index contributed by atoms with van der Waals surface area (Å²) in [5.41, 5.74) is 0. The number of rotatable bonds is 9. The molecule has 0 aliphatic carbocycles. The van der Waals surface area contributed by atoms with Gasteiger partial charge in [-0.15, -0.1) is 34.2 Å². The van der Waals surface area contributed by atoms with Crippen molar-refractivity contribution in [3.05, 3.63) is 12.2 Å². The number of hydrogen-bond donors (Lipinski definition) is 2. The summed E-state index contributed by atoms with van der Waals surface area (Å²) in [6.45, 7) is 7.37. The molecule has 1 rings (SSSR count).